The van der Waals surface area contributed by atoms with Crippen molar-refractivity contribution in [1.29, 1.82) is 0 Å². The van der Waals surface area contributed by atoms with Crippen LogP contribution < -0.4 is 34.5 Å². The largest absolute Gasteiger partial charge is 1.00 e. The Morgan fingerprint density at radius 1 is 1.33 bits per heavy atom. The number of hydrogen-bond acceptors (Lipinski definition) is 3. The molecule has 1 aliphatic heterocycles. The molecule has 1 aromatic carbocycles. The minimum absolute atomic E-state index is 0. The maximum atomic E-state index is 12.2. The third-order valence-electron chi connectivity index (χ3n) is 3.18. The second-order valence-corrected chi connectivity index (χ2v) is 6.53. The molecular formula is C15H22ClN2NaO2. The summed E-state index contributed by atoms with van der Waals surface area (Å²) in [6.07, 6.45) is -0.270. The molecule has 0 fully saturated rings. The molecule has 0 aromatic heterocycles. The van der Waals surface area contributed by atoms with Gasteiger partial charge in [-0.05, 0) is 38.5 Å². The van der Waals surface area contributed by atoms with Gasteiger partial charge in [0.1, 0.15) is 5.60 Å². The van der Waals surface area contributed by atoms with Crippen molar-refractivity contribution in [3.8, 4) is 0 Å². The summed E-state index contributed by atoms with van der Waals surface area (Å²) in [6.45, 7) is 7.57. The van der Waals surface area contributed by atoms with Crippen LogP contribution in [0.25, 0.3) is 0 Å². The quantitative estimate of drug-likeness (QED) is 0.658. The average molecular weight is 321 g/mol. The molecule has 0 saturated heterocycles. The first-order chi connectivity index (χ1) is 9.26. The standard InChI is InChI=1S/C15H21ClN2O2.Na.H/c1-15(2,3)20-14(19)18-8-7-17(4)13-9-12(16)6-5-11(13)10-18;;/h5-6,9H,7-8,10H2,1-4H3;;/q;+1;-1. The molecular weight excluding hydrogens is 299 g/mol. The first kappa shape index (κ1) is 18.6. The van der Waals surface area contributed by atoms with E-state index in [1.807, 2.05) is 46.0 Å². The molecule has 4 nitrogen and oxygen atoms in total. The van der Waals surface area contributed by atoms with Crippen molar-refractivity contribution < 1.29 is 40.5 Å². The Morgan fingerprint density at radius 3 is 2.62 bits per heavy atom. The van der Waals surface area contributed by atoms with Gasteiger partial charge in [-0.2, -0.15) is 0 Å². The fourth-order valence-electron chi connectivity index (χ4n) is 2.18. The molecule has 0 radical (unpaired) electrons. The molecule has 0 unspecified atom stereocenters. The van der Waals surface area contributed by atoms with Crippen LogP contribution in [0.2, 0.25) is 5.02 Å². The molecule has 0 saturated carbocycles. The molecule has 0 atom stereocenters. The van der Waals surface area contributed by atoms with Crippen molar-refractivity contribution in [2.75, 3.05) is 25.0 Å². The van der Waals surface area contributed by atoms with Crippen LogP contribution in [0, 0.1) is 0 Å². The maximum Gasteiger partial charge on any atom is 1.00 e. The predicted molar refractivity (Wildman–Crippen MR) is 82.5 cm³/mol. The van der Waals surface area contributed by atoms with Crippen molar-refractivity contribution in [3.05, 3.63) is 28.8 Å². The topological polar surface area (TPSA) is 32.8 Å². The monoisotopic (exact) mass is 320 g/mol. The van der Waals surface area contributed by atoms with Gasteiger partial charge in [0, 0.05) is 30.8 Å². The predicted octanol–water partition coefficient (Wildman–Crippen LogP) is 0.643. The molecule has 6 heteroatoms. The minimum Gasteiger partial charge on any atom is -1.00 e. The summed E-state index contributed by atoms with van der Waals surface area (Å²) in [5.74, 6) is 0. The number of amides is 1. The van der Waals surface area contributed by atoms with E-state index in [1.54, 1.807) is 4.90 Å². The number of fused-ring (bicyclic) bond motifs is 1. The molecule has 21 heavy (non-hydrogen) atoms. The fourth-order valence-corrected chi connectivity index (χ4v) is 2.35. The molecule has 1 aromatic rings. The number of carbonyl (C=O) groups excluding carboxylic acids is 1. The molecule has 0 N–H and O–H groups in total. The average Bonchev–Trinajstić information content (AvgIpc) is 2.48. The molecule has 112 valence electrons. The summed E-state index contributed by atoms with van der Waals surface area (Å²) >= 11 is 6.05. The van der Waals surface area contributed by atoms with Gasteiger partial charge >= 0.3 is 35.7 Å². The second kappa shape index (κ2) is 7.23. The van der Waals surface area contributed by atoms with Crippen LogP contribution in [-0.4, -0.2) is 36.7 Å². The van der Waals surface area contributed by atoms with E-state index in [4.69, 9.17) is 16.3 Å². The summed E-state index contributed by atoms with van der Waals surface area (Å²) in [5.41, 5.74) is 1.68. The van der Waals surface area contributed by atoms with Gasteiger partial charge in [0.25, 0.3) is 0 Å². The van der Waals surface area contributed by atoms with Crippen LogP contribution in [0.3, 0.4) is 0 Å². The van der Waals surface area contributed by atoms with Gasteiger partial charge in [-0.1, -0.05) is 17.7 Å². The van der Waals surface area contributed by atoms with Gasteiger partial charge in [-0.25, -0.2) is 4.79 Å². The van der Waals surface area contributed by atoms with Crippen molar-refractivity contribution in [2.45, 2.75) is 32.9 Å². The van der Waals surface area contributed by atoms with E-state index in [-0.39, 0.29) is 37.1 Å². The Balaban J connectivity index is 0.00000220. The molecule has 0 aliphatic carbocycles. The number of nitrogens with zero attached hydrogens (tertiary/aromatic N) is 2. The Morgan fingerprint density at radius 2 is 2.00 bits per heavy atom. The summed E-state index contributed by atoms with van der Waals surface area (Å²) < 4.78 is 5.45. The SMILES string of the molecule is CN1CCN(C(=O)OC(C)(C)C)Cc2ccc(Cl)cc21.[H-].[Na+]. The molecule has 1 heterocycles. The van der Waals surface area contributed by atoms with E-state index in [0.717, 1.165) is 17.8 Å². The van der Waals surface area contributed by atoms with E-state index < -0.39 is 5.60 Å². The summed E-state index contributed by atoms with van der Waals surface area (Å²) in [4.78, 5) is 16.1. The number of hydrogen-bond donors (Lipinski definition) is 0. The van der Waals surface area contributed by atoms with Gasteiger partial charge in [0.15, 0.2) is 0 Å². The van der Waals surface area contributed by atoms with E-state index in [0.29, 0.717) is 18.1 Å². The van der Waals surface area contributed by atoms with E-state index in [1.165, 1.54) is 0 Å². The van der Waals surface area contributed by atoms with Crippen molar-refractivity contribution in [2.24, 2.45) is 0 Å². The maximum absolute atomic E-state index is 12.2. The number of likely N-dealkylation sites (N-methyl/N-ethyl adjacent to an activating group) is 1. The van der Waals surface area contributed by atoms with Crippen LogP contribution in [0.15, 0.2) is 18.2 Å². The van der Waals surface area contributed by atoms with Gasteiger partial charge in [0.2, 0.25) is 0 Å². The zero-order chi connectivity index (χ0) is 14.9. The Bertz CT molecular complexity index is 523. The number of benzene rings is 1. The first-order valence-corrected chi connectivity index (χ1v) is 7.11. The van der Waals surface area contributed by atoms with Crippen LogP contribution in [0.4, 0.5) is 10.5 Å². The third-order valence-corrected chi connectivity index (χ3v) is 3.41. The number of halogens is 1. The van der Waals surface area contributed by atoms with Gasteiger partial charge in [0.05, 0.1) is 6.54 Å². The van der Waals surface area contributed by atoms with Crippen molar-refractivity contribution in [1.82, 2.24) is 4.90 Å². The summed E-state index contributed by atoms with van der Waals surface area (Å²) in [6, 6.07) is 5.76. The Kier molecular flexibility index (Phi) is 6.41. The fraction of sp³-hybridized carbons (Fsp3) is 0.533. The molecule has 0 bridgehead atoms. The molecule has 0 spiro atoms. The summed E-state index contributed by atoms with van der Waals surface area (Å²) in [7, 11) is 2.01. The zero-order valence-electron chi connectivity index (χ0n) is 14.4. The number of rotatable bonds is 0. The van der Waals surface area contributed by atoms with Crippen molar-refractivity contribution in [3.63, 3.8) is 0 Å². The summed E-state index contributed by atoms with van der Waals surface area (Å²) in [5, 5.41) is 0.710. The van der Waals surface area contributed by atoms with Crippen LogP contribution in [0.5, 0.6) is 0 Å². The molecule has 1 aliphatic rings. The van der Waals surface area contributed by atoms with Crippen LogP contribution in [-0.2, 0) is 11.3 Å². The van der Waals surface area contributed by atoms with Gasteiger partial charge in [-0.3, -0.25) is 0 Å². The van der Waals surface area contributed by atoms with Crippen LogP contribution >= 0.6 is 11.6 Å². The minimum atomic E-state index is -0.474. The van der Waals surface area contributed by atoms with E-state index in [9.17, 15) is 4.79 Å². The van der Waals surface area contributed by atoms with E-state index >= 15 is 0 Å². The molecule has 1 amide bonds. The number of anilines is 1. The van der Waals surface area contributed by atoms with E-state index in [2.05, 4.69) is 4.90 Å². The van der Waals surface area contributed by atoms with Gasteiger partial charge < -0.3 is 16.0 Å². The number of carbonyl (C=O) groups is 1. The van der Waals surface area contributed by atoms with Crippen LogP contribution in [0.1, 0.15) is 27.8 Å². The molecule has 2 rings (SSSR count). The second-order valence-electron chi connectivity index (χ2n) is 6.10. The Labute approximate surface area is 155 Å². The first-order valence-electron chi connectivity index (χ1n) is 6.74. The van der Waals surface area contributed by atoms with Gasteiger partial charge in [-0.15, -0.1) is 0 Å². The number of ether oxygens (including phenoxy) is 1. The Hall–Kier alpha value is -0.420. The normalized spacial score (nSPS) is 14.9. The third kappa shape index (κ3) is 5.06. The smallest absolute Gasteiger partial charge is 1.00 e. The van der Waals surface area contributed by atoms with Crippen molar-refractivity contribution >= 4 is 23.4 Å². The zero-order valence-corrected chi connectivity index (χ0v) is 16.2.